The molecular weight excluding hydrogens is 189 g/mol. The minimum Gasteiger partial charge on any atom is -0.229 e. The van der Waals surface area contributed by atoms with E-state index in [9.17, 15) is 4.39 Å². The van der Waals surface area contributed by atoms with E-state index in [1.165, 1.54) is 23.6 Å². The zero-order chi connectivity index (χ0) is 11.0. The first-order valence-electron chi connectivity index (χ1n) is 5.51. The third kappa shape index (κ3) is 2.05. The van der Waals surface area contributed by atoms with Crippen LogP contribution in [0.1, 0.15) is 36.6 Å². The highest BCUT2D eigenvalue weighted by atomic mass is 19.1. The second-order valence-corrected chi connectivity index (χ2v) is 4.55. The molecule has 81 valence electrons. The molecule has 15 heavy (non-hydrogen) atoms. The highest BCUT2D eigenvalue weighted by Gasteiger charge is 2.31. The van der Waals surface area contributed by atoms with Gasteiger partial charge in [-0.1, -0.05) is 30.7 Å². The van der Waals surface area contributed by atoms with Crippen LogP contribution in [-0.2, 0) is 6.42 Å². The van der Waals surface area contributed by atoms with E-state index in [-0.39, 0.29) is 6.04 Å². The highest BCUT2D eigenvalue weighted by Crippen LogP contribution is 2.37. The van der Waals surface area contributed by atoms with Gasteiger partial charge in [0, 0.05) is 0 Å². The summed E-state index contributed by atoms with van der Waals surface area (Å²) in [5.41, 5.74) is 3.80. The summed E-state index contributed by atoms with van der Waals surface area (Å²) < 4.78 is 13.0. The number of aryl methyl sites for hydroxylation is 1. The van der Waals surface area contributed by atoms with E-state index in [0.717, 1.165) is 6.42 Å². The third-order valence-electron chi connectivity index (χ3n) is 3.07. The second-order valence-electron chi connectivity index (χ2n) is 4.55. The first-order valence-corrected chi connectivity index (χ1v) is 5.51. The lowest BCUT2D eigenvalue weighted by molar-refractivity contribution is 0.237. The maximum absolute atomic E-state index is 13.0. The van der Waals surface area contributed by atoms with Gasteiger partial charge in [-0.05, 0) is 37.3 Å². The summed E-state index contributed by atoms with van der Waals surface area (Å²) >= 11 is 0. The van der Waals surface area contributed by atoms with Gasteiger partial charge in [0.25, 0.3) is 0 Å². The summed E-state index contributed by atoms with van der Waals surface area (Å²) in [6.07, 6.45) is -0.0415. The van der Waals surface area contributed by atoms with Crippen LogP contribution in [0, 0.1) is 12.8 Å². The molecule has 1 nitrogen and oxygen atoms in total. The van der Waals surface area contributed by atoms with Gasteiger partial charge in [-0.3, -0.25) is 0 Å². The normalized spacial score (nSPS) is 26.4. The van der Waals surface area contributed by atoms with Crippen LogP contribution in [0.15, 0.2) is 18.2 Å². The molecule has 0 bridgehead atoms. The van der Waals surface area contributed by atoms with Crippen LogP contribution < -0.4 is 5.32 Å². The molecule has 0 saturated carbocycles. The molecule has 2 heteroatoms. The Hall–Kier alpha value is -0.890. The Morgan fingerprint density at radius 3 is 2.87 bits per heavy atom. The SMILES string of the molecule is Cc1ccc2c(c1)[C@H]([N]C(C)F)[C@@H](C)C2. The number of benzene rings is 1. The molecule has 1 aromatic carbocycles. The van der Waals surface area contributed by atoms with Crippen LogP contribution in [0.5, 0.6) is 0 Å². The van der Waals surface area contributed by atoms with Gasteiger partial charge in [0.05, 0.1) is 6.04 Å². The van der Waals surface area contributed by atoms with E-state index in [0.29, 0.717) is 5.92 Å². The van der Waals surface area contributed by atoms with E-state index >= 15 is 0 Å². The van der Waals surface area contributed by atoms with Crippen LogP contribution >= 0.6 is 0 Å². The zero-order valence-corrected chi connectivity index (χ0v) is 9.50. The van der Waals surface area contributed by atoms with Crippen molar-refractivity contribution < 1.29 is 4.39 Å². The van der Waals surface area contributed by atoms with E-state index in [1.807, 2.05) is 0 Å². The van der Waals surface area contributed by atoms with Crippen LogP contribution in [0.4, 0.5) is 4.39 Å². The molecule has 1 aromatic rings. The Morgan fingerprint density at radius 1 is 1.47 bits per heavy atom. The van der Waals surface area contributed by atoms with E-state index < -0.39 is 6.30 Å². The molecule has 0 aliphatic heterocycles. The Bertz CT molecular complexity index is 360. The van der Waals surface area contributed by atoms with Crippen molar-refractivity contribution in [1.29, 1.82) is 0 Å². The maximum Gasteiger partial charge on any atom is 0.163 e. The van der Waals surface area contributed by atoms with Gasteiger partial charge in [-0.15, -0.1) is 0 Å². The quantitative estimate of drug-likeness (QED) is 0.660. The first kappa shape index (κ1) is 10.6. The molecule has 0 heterocycles. The Morgan fingerprint density at radius 2 is 2.20 bits per heavy atom. The molecule has 0 aromatic heterocycles. The lowest BCUT2D eigenvalue weighted by atomic mass is 10.0. The molecule has 1 radical (unpaired) electrons. The summed E-state index contributed by atoms with van der Waals surface area (Å²) in [5, 5.41) is 4.17. The van der Waals surface area contributed by atoms with Gasteiger partial charge >= 0.3 is 0 Å². The third-order valence-corrected chi connectivity index (χ3v) is 3.07. The summed E-state index contributed by atoms with van der Waals surface area (Å²) in [4.78, 5) is 0. The molecule has 1 aliphatic carbocycles. The van der Waals surface area contributed by atoms with Crippen LogP contribution in [-0.4, -0.2) is 6.30 Å². The number of halogens is 1. The minimum absolute atomic E-state index is 0.0555. The Labute approximate surface area is 90.7 Å². The van der Waals surface area contributed by atoms with Crippen LogP contribution in [0.2, 0.25) is 0 Å². The molecule has 1 unspecified atom stereocenters. The zero-order valence-electron chi connectivity index (χ0n) is 9.50. The average Bonchev–Trinajstić information content (AvgIpc) is 2.43. The lowest BCUT2D eigenvalue weighted by Gasteiger charge is -2.17. The molecular formula is C13H17FN. The van der Waals surface area contributed by atoms with Gasteiger partial charge < -0.3 is 0 Å². The molecule has 2 rings (SSSR count). The number of hydrogen-bond donors (Lipinski definition) is 0. The Balaban J connectivity index is 2.31. The summed E-state index contributed by atoms with van der Waals surface area (Å²) in [5.74, 6) is 0.431. The first-order chi connectivity index (χ1) is 7.08. The molecule has 3 atom stereocenters. The molecule has 0 saturated heterocycles. The average molecular weight is 206 g/mol. The van der Waals surface area contributed by atoms with Gasteiger partial charge in [0.2, 0.25) is 0 Å². The van der Waals surface area contributed by atoms with Gasteiger partial charge in [-0.2, -0.15) is 5.32 Å². The molecule has 0 spiro atoms. The lowest BCUT2D eigenvalue weighted by Crippen LogP contribution is -2.22. The number of hydrogen-bond acceptors (Lipinski definition) is 0. The molecule has 0 N–H and O–H groups in total. The fourth-order valence-electron chi connectivity index (χ4n) is 2.39. The highest BCUT2D eigenvalue weighted by molar-refractivity contribution is 5.38. The van der Waals surface area contributed by atoms with Crippen LogP contribution in [0.3, 0.4) is 0 Å². The topological polar surface area (TPSA) is 14.1 Å². The summed E-state index contributed by atoms with van der Waals surface area (Å²) in [7, 11) is 0. The number of fused-ring (bicyclic) bond motifs is 1. The van der Waals surface area contributed by atoms with Gasteiger partial charge in [0.1, 0.15) is 0 Å². The van der Waals surface area contributed by atoms with Crippen molar-refractivity contribution in [2.75, 3.05) is 0 Å². The van der Waals surface area contributed by atoms with Crippen molar-refractivity contribution in [2.24, 2.45) is 5.92 Å². The van der Waals surface area contributed by atoms with E-state index in [1.54, 1.807) is 0 Å². The number of alkyl halides is 1. The summed E-state index contributed by atoms with van der Waals surface area (Å²) in [6.45, 7) is 5.71. The van der Waals surface area contributed by atoms with E-state index in [2.05, 4.69) is 37.4 Å². The van der Waals surface area contributed by atoms with Crippen molar-refractivity contribution >= 4 is 0 Å². The van der Waals surface area contributed by atoms with E-state index in [4.69, 9.17) is 0 Å². The fraction of sp³-hybridized carbons (Fsp3) is 0.538. The monoisotopic (exact) mass is 206 g/mol. The standard InChI is InChI=1S/C13H17FN/c1-8-4-5-11-7-9(2)13(12(11)6-8)15-10(3)14/h4-6,9-10,13H,7H2,1-3H3/t9-,10?,13+/m0/s1. The second kappa shape index (κ2) is 3.93. The van der Waals surface area contributed by atoms with Gasteiger partial charge in [-0.25, -0.2) is 4.39 Å². The van der Waals surface area contributed by atoms with Crippen molar-refractivity contribution in [1.82, 2.24) is 5.32 Å². The maximum atomic E-state index is 13.0. The van der Waals surface area contributed by atoms with Crippen molar-refractivity contribution in [3.8, 4) is 0 Å². The smallest absolute Gasteiger partial charge is 0.163 e. The fourth-order valence-corrected chi connectivity index (χ4v) is 2.39. The van der Waals surface area contributed by atoms with Crippen molar-refractivity contribution in [3.63, 3.8) is 0 Å². The predicted molar refractivity (Wildman–Crippen MR) is 59.5 cm³/mol. The molecule has 0 amide bonds. The minimum atomic E-state index is -1.07. The summed E-state index contributed by atoms with van der Waals surface area (Å²) in [6, 6.07) is 6.47. The number of nitrogens with zero attached hydrogens (tertiary/aromatic N) is 1. The largest absolute Gasteiger partial charge is 0.229 e. The van der Waals surface area contributed by atoms with Crippen molar-refractivity contribution in [3.05, 3.63) is 34.9 Å². The van der Waals surface area contributed by atoms with Crippen molar-refractivity contribution in [2.45, 2.75) is 39.5 Å². The van der Waals surface area contributed by atoms with Gasteiger partial charge in [0.15, 0.2) is 6.30 Å². The number of rotatable bonds is 2. The molecule has 0 fully saturated rings. The van der Waals surface area contributed by atoms with Crippen LogP contribution in [0.25, 0.3) is 0 Å². The Kier molecular flexibility index (Phi) is 2.79. The molecule has 1 aliphatic rings. The predicted octanol–water partition coefficient (Wildman–Crippen LogP) is 3.15.